The van der Waals surface area contributed by atoms with Crippen LogP contribution in [-0.2, 0) is 33.3 Å². The summed E-state index contributed by atoms with van der Waals surface area (Å²) in [7, 11) is 5.98. The summed E-state index contributed by atoms with van der Waals surface area (Å²) in [6, 6.07) is 0. The molecule has 0 heterocycles. The van der Waals surface area contributed by atoms with Gasteiger partial charge in [0.1, 0.15) is 13.2 Å². The molecule has 2 atom stereocenters. The zero-order chi connectivity index (χ0) is 66.1. The van der Waals surface area contributed by atoms with Crippen molar-refractivity contribution in [2.75, 3.05) is 47.5 Å². The first-order valence-corrected chi connectivity index (χ1v) is 38.4. The fourth-order valence-electron chi connectivity index (χ4n) is 11.0. The van der Waals surface area contributed by atoms with Gasteiger partial charge in [0.05, 0.1) is 34.4 Å². The summed E-state index contributed by atoms with van der Waals surface area (Å²) in [6.07, 6.45) is 96.9. The molecule has 9 nitrogen and oxygen atoms in total. The number of carbonyl (C=O) groups is 3. The number of allylic oxidation sites excluding steroid dienone is 16. The second kappa shape index (κ2) is 72.0. The van der Waals surface area contributed by atoms with Crippen molar-refractivity contribution in [3.8, 4) is 0 Å². The van der Waals surface area contributed by atoms with Crippen molar-refractivity contribution in [3.05, 3.63) is 97.2 Å². The largest absolute Gasteiger partial charge is 0.477 e. The molecule has 0 aromatic rings. The number of ether oxygens (including phenoxy) is 4. The van der Waals surface area contributed by atoms with Crippen LogP contribution >= 0.6 is 0 Å². The van der Waals surface area contributed by atoms with E-state index in [2.05, 4.69) is 111 Å². The van der Waals surface area contributed by atoms with Crippen molar-refractivity contribution in [3.63, 3.8) is 0 Å². The van der Waals surface area contributed by atoms with Gasteiger partial charge in [-0.25, -0.2) is 4.79 Å². The number of rotatable bonds is 71. The normalized spacial score (nSPS) is 13.2. The predicted octanol–water partition coefficient (Wildman–Crippen LogP) is 24.4. The van der Waals surface area contributed by atoms with Gasteiger partial charge in [0.2, 0.25) is 0 Å². The number of carbonyl (C=O) groups excluding carboxylic acids is 2. The van der Waals surface area contributed by atoms with Gasteiger partial charge in [-0.05, 0) is 96.3 Å². The molecule has 0 aromatic carbocycles. The standard InChI is InChI=1S/C82H145NO8/c1-6-8-10-12-14-16-18-20-22-24-26-28-30-32-34-36-38-40-42-44-46-48-50-52-54-56-58-60-62-64-66-68-70-72-79(84)89-76-78(77-90-82(81(86)87)88-75-74-83(3,4)5)91-80(85)73-71-69-67-65-63-61-59-57-55-53-51-49-47-45-43-41-39-37-35-33-31-29-27-25-23-21-19-17-15-13-11-9-7-2/h9,11,15,17,21,23-24,26-27,29,33,35,39,41,45,47,78,82H,6-8,10,12-14,16,18-20,22,25,28,30-32,34,36-38,40,42-44,46,48-77H2,1-5H3/p+1/b11-9-,17-15-,23-21-,26-24-,29-27-,35-33-,41-39-,47-45-. The third kappa shape index (κ3) is 73.5. The summed E-state index contributed by atoms with van der Waals surface area (Å²) in [6.45, 7) is 4.80. The van der Waals surface area contributed by atoms with Crippen molar-refractivity contribution in [2.45, 2.75) is 360 Å². The van der Waals surface area contributed by atoms with Gasteiger partial charge in [0.15, 0.2) is 6.10 Å². The number of hydrogen-bond acceptors (Lipinski definition) is 7. The molecule has 0 rings (SSSR count). The van der Waals surface area contributed by atoms with Gasteiger partial charge in [-0.15, -0.1) is 0 Å². The van der Waals surface area contributed by atoms with Crippen LogP contribution in [0.25, 0.3) is 0 Å². The first-order chi connectivity index (χ1) is 44.6. The Morgan fingerprint density at radius 3 is 0.945 bits per heavy atom. The zero-order valence-electron chi connectivity index (χ0n) is 60.2. The van der Waals surface area contributed by atoms with E-state index in [0.29, 0.717) is 23.9 Å². The van der Waals surface area contributed by atoms with Crippen molar-refractivity contribution in [1.29, 1.82) is 0 Å². The minimum absolute atomic E-state index is 0.184. The smallest absolute Gasteiger partial charge is 0.361 e. The highest BCUT2D eigenvalue weighted by Crippen LogP contribution is 2.18. The molecule has 9 heteroatoms. The van der Waals surface area contributed by atoms with Crippen molar-refractivity contribution in [2.24, 2.45) is 0 Å². The minimum Gasteiger partial charge on any atom is -0.477 e. The van der Waals surface area contributed by atoms with Gasteiger partial charge in [-0.2, -0.15) is 0 Å². The number of nitrogens with zero attached hydrogens (tertiary/aromatic N) is 1. The third-order valence-corrected chi connectivity index (χ3v) is 16.8. The van der Waals surface area contributed by atoms with Gasteiger partial charge in [0, 0.05) is 12.8 Å². The molecular formula is C82H146NO8+. The minimum atomic E-state index is -1.52. The van der Waals surface area contributed by atoms with E-state index in [9.17, 15) is 19.5 Å². The summed E-state index contributed by atoms with van der Waals surface area (Å²) < 4.78 is 23.0. The molecule has 2 unspecified atom stereocenters. The first kappa shape index (κ1) is 87.2. The maximum Gasteiger partial charge on any atom is 0.361 e. The van der Waals surface area contributed by atoms with Gasteiger partial charge in [-0.3, -0.25) is 9.59 Å². The van der Waals surface area contributed by atoms with Gasteiger partial charge >= 0.3 is 17.9 Å². The Labute approximate surface area is 562 Å². The molecule has 0 aliphatic carbocycles. The molecule has 91 heavy (non-hydrogen) atoms. The molecule has 0 bridgehead atoms. The van der Waals surface area contributed by atoms with Crippen LogP contribution in [0.1, 0.15) is 348 Å². The fourth-order valence-corrected chi connectivity index (χ4v) is 11.0. The highest BCUT2D eigenvalue weighted by atomic mass is 16.7. The zero-order valence-corrected chi connectivity index (χ0v) is 60.2. The lowest BCUT2D eigenvalue weighted by molar-refractivity contribution is -0.870. The van der Waals surface area contributed by atoms with E-state index in [1.807, 2.05) is 21.1 Å². The maximum atomic E-state index is 13.0. The summed E-state index contributed by atoms with van der Waals surface area (Å²) in [5, 5.41) is 9.77. The summed E-state index contributed by atoms with van der Waals surface area (Å²) in [4.78, 5) is 37.7. The lowest BCUT2D eigenvalue weighted by Gasteiger charge is -2.25. The van der Waals surface area contributed by atoms with Crippen LogP contribution < -0.4 is 0 Å². The summed E-state index contributed by atoms with van der Waals surface area (Å²) in [5.74, 6) is -2.00. The molecule has 0 aromatic heterocycles. The summed E-state index contributed by atoms with van der Waals surface area (Å²) >= 11 is 0. The number of esters is 2. The molecular weight excluding hydrogens is 1130 g/mol. The molecule has 0 aliphatic heterocycles. The van der Waals surface area contributed by atoms with E-state index in [1.54, 1.807) is 0 Å². The Morgan fingerprint density at radius 2 is 0.626 bits per heavy atom. The quantitative estimate of drug-likeness (QED) is 0.0211. The first-order valence-electron chi connectivity index (χ1n) is 38.4. The average molecular weight is 1270 g/mol. The fraction of sp³-hybridized carbons (Fsp3) is 0.768. The Hall–Kier alpha value is -3.79. The Morgan fingerprint density at radius 1 is 0.341 bits per heavy atom. The van der Waals surface area contributed by atoms with Crippen LogP contribution in [-0.4, -0.2) is 87.4 Å². The van der Waals surface area contributed by atoms with E-state index in [4.69, 9.17) is 18.9 Å². The van der Waals surface area contributed by atoms with E-state index >= 15 is 0 Å². The van der Waals surface area contributed by atoms with Crippen LogP contribution in [0, 0.1) is 0 Å². The number of likely N-dealkylation sites (N-methyl/N-ethyl adjacent to an activating group) is 1. The Bertz CT molecular complexity index is 1820. The van der Waals surface area contributed by atoms with E-state index < -0.39 is 24.3 Å². The van der Waals surface area contributed by atoms with Crippen LogP contribution in [0.15, 0.2) is 97.2 Å². The highest BCUT2D eigenvalue weighted by Gasteiger charge is 2.25. The lowest BCUT2D eigenvalue weighted by Crippen LogP contribution is -2.40. The number of carboxylic acid groups (broad SMARTS) is 1. The van der Waals surface area contributed by atoms with Crippen LogP contribution in [0.2, 0.25) is 0 Å². The molecule has 0 amide bonds. The van der Waals surface area contributed by atoms with Crippen molar-refractivity contribution in [1.82, 2.24) is 0 Å². The lowest BCUT2D eigenvalue weighted by atomic mass is 10.0. The van der Waals surface area contributed by atoms with Crippen molar-refractivity contribution < 1.29 is 42.9 Å². The molecule has 0 radical (unpaired) electrons. The number of hydrogen-bond donors (Lipinski definition) is 1. The van der Waals surface area contributed by atoms with Crippen LogP contribution in [0.3, 0.4) is 0 Å². The molecule has 1 N–H and O–H groups in total. The SMILES string of the molecule is CC/C=C\C/C=C\C/C=C\C/C=C\C/C=C\C/C=C\C/C=C\CCCCCCCCCCCCCC(=O)OC(COC(=O)CCCCCCCCCCCCCCCCCCCCCCC/C=C\CCCCCCCCCC)COC(OCC[N+](C)(C)C)C(=O)O. The topological polar surface area (TPSA) is 108 Å². The molecule has 0 aliphatic rings. The van der Waals surface area contributed by atoms with Crippen molar-refractivity contribution >= 4 is 17.9 Å². The highest BCUT2D eigenvalue weighted by molar-refractivity contribution is 5.71. The Kier molecular flexibility index (Phi) is 69.0. The molecule has 0 saturated heterocycles. The Balaban J connectivity index is 4.06. The molecule has 0 saturated carbocycles. The predicted molar refractivity (Wildman–Crippen MR) is 392 cm³/mol. The maximum absolute atomic E-state index is 13.0. The molecule has 0 fully saturated rings. The third-order valence-electron chi connectivity index (χ3n) is 16.8. The molecule has 526 valence electrons. The van der Waals surface area contributed by atoms with Crippen LogP contribution in [0.5, 0.6) is 0 Å². The van der Waals surface area contributed by atoms with Crippen LogP contribution in [0.4, 0.5) is 0 Å². The monoisotopic (exact) mass is 1270 g/mol. The second-order valence-corrected chi connectivity index (χ2v) is 26.9. The number of carboxylic acids is 1. The average Bonchev–Trinajstić information content (AvgIpc) is 3.46. The van der Waals surface area contributed by atoms with Gasteiger partial charge < -0.3 is 28.5 Å². The van der Waals surface area contributed by atoms with Gasteiger partial charge in [-0.1, -0.05) is 336 Å². The van der Waals surface area contributed by atoms with E-state index in [-0.39, 0.29) is 32.2 Å². The summed E-state index contributed by atoms with van der Waals surface area (Å²) in [5.41, 5.74) is 0. The molecule has 0 spiro atoms. The number of aliphatic carboxylic acids is 1. The second-order valence-electron chi connectivity index (χ2n) is 26.9. The van der Waals surface area contributed by atoms with Gasteiger partial charge in [0.25, 0.3) is 6.29 Å². The number of quaternary nitrogens is 1. The van der Waals surface area contributed by atoms with E-state index in [1.165, 1.54) is 225 Å². The van der Waals surface area contributed by atoms with E-state index in [0.717, 1.165) is 89.9 Å². The number of unbranched alkanes of at least 4 members (excludes halogenated alkanes) is 40.